The van der Waals surface area contributed by atoms with E-state index in [1.165, 1.54) is 11.3 Å². The molecule has 2 heterocycles. The quantitative estimate of drug-likeness (QED) is 0.938. The SMILES string of the molecule is CCc1ccccc1N1CC(C(=O)Nc2nc(C)cs2)CC1=O. The molecule has 1 aliphatic rings. The summed E-state index contributed by atoms with van der Waals surface area (Å²) in [5.74, 6) is -0.470. The Morgan fingerprint density at radius 1 is 1.43 bits per heavy atom. The number of benzene rings is 1. The second-order valence-electron chi connectivity index (χ2n) is 5.67. The zero-order valence-electron chi connectivity index (χ0n) is 13.2. The summed E-state index contributed by atoms with van der Waals surface area (Å²) in [5.41, 5.74) is 2.92. The van der Waals surface area contributed by atoms with E-state index in [1.807, 2.05) is 36.6 Å². The van der Waals surface area contributed by atoms with Crippen molar-refractivity contribution in [2.24, 2.45) is 5.92 Å². The first-order valence-corrected chi connectivity index (χ1v) is 8.57. The van der Waals surface area contributed by atoms with E-state index in [9.17, 15) is 9.59 Å². The van der Waals surface area contributed by atoms with Crippen molar-refractivity contribution >= 4 is 34.0 Å². The molecule has 2 amide bonds. The highest BCUT2D eigenvalue weighted by atomic mass is 32.1. The van der Waals surface area contributed by atoms with Crippen LogP contribution in [0.2, 0.25) is 0 Å². The predicted molar refractivity (Wildman–Crippen MR) is 91.8 cm³/mol. The number of amides is 2. The van der Waals surface area contributed by atoms with Crippen molar-refractivity contribution in [3.8, 4) is 0 Å². The second-order valence-corrected chi connectivity index (χ2v) is 6.53. The summed E-state index contributed by atoms with van der Waals surface area (Å²) >= 11 is 1.40. The predicted octanol–water partition coefficient (Wildman–Crippen LogP) is 3.01. The summed E-state index contributed by atoms with van der Waals surface area (Å²) in [6, 6.07) is 7.86. The average Bonchev–Trinajstić information content (AvgIpc) is 3.13. The first kappa shape index (κ1) is 15.7. The molecule has 1 saturated heterocycles. The summed E-state index contributed by atoms with van der Waals surface area (Å²) < 4.78 is 0. The van der Waals surface area contributed by atoms with Crippen molar-refractivity contribution in [3.63, 3.8) is 0 Å². The number of nitrogens with zero attached hydrogens (tertiary/aromatic N) is 2. The van der Waals surface area contributed by atoms with Crippen molar-refractivity contribution in [1.29, 1.82) is 0 Å². The van der Waals surface area contributed by atoms with E-state index in [1.54, 1.807) is 4.90 Å². The molecule has 1 unspecified atom stereocenters. The molecule has 2 aromatic rings. The van der Waals surface area contributed by atoms with Gasteiger partial charge in [0.25, 0.3) is 0 Å². The van der Waals surface area contributed by atoms with Crippen LogP contribution in [0.1, 0.15) is 24.6 Å². The van der Waals surface area contributed by atoms with Gasteiger partial charge in [-0.1, -0.05) is 25.1 Å². The number of carbonyl (C=O) groups is 2. The van der Waals surface area contributed by atoms with Crippen LogP contribution in [0.25, 0.3) is 0 Å². The van der Waals surface area contributed by atoms with Crippen LogP contribution in [0.4, 0.5) is 10.8 Å². The van der Waals surface area contributed by atoms with E-state index in [4.69, 9.17) is 0 Å². The number of thiazole rings is 1. The van der Waals surface area contributed by atoms with Crippen LogP contribution < -0.4 is 10.2 Å². The Labute approximate surface area is 139 Å². The topological polar surface area (TPSA) is 62.3 Å². The Kier molecular flexibility index (Phi) is 4.43. The van der Waals surface area contributed by atoms with Gasteiger partial charge in [-0.25, -0.2) is 4.98 Å². The number of hydrogen-bond acceptors (Lipinski definition) is 4. The number of rotatable bonds is 4. The summed E-state index contributed by atoms with van der Waals surface area (Å²) in [5, 5.41) is 5.29. The van der Waals surface area contributed by atoms with Gasteiger partial charge in [0.05, 0.1) is 11.6 Å². The largest absolute Gasteiger partial charge is 0.311 e. The maximum absolute atomic E-state index is 12.4. The molecule has 0 aliphatic carbocycles. The highest BCUT2D eigenvalue weighted by Crippen LogP contribution is 2.29. The minimum atomic E-state index is -0.336. The number of hydrogen-bond donors (Lipinski definition) is 1. The van der Waals surface area contributed by atoms with Gasteiger partial charge >= 0.3 is 0 Å². The van der Waals surface area contributed by atoms with Gasteiger partial charge in [0.1, 0.15) is 0 Å². The molecule has 23 heavy (non-hydrogen) atoms. The van der Waals surface area contributed by atoms with Crippen LogP contribution in [-0.4, -0.2) is 23.3 Å². The van der Waals surface area contributed by atoms with Crippen molar-refractivity contribution in [3.05, 3.63) is 40.9 Å². The van der Waals surface area contributed by atoms with Crippen molar-refractivity contribution in [2.75, 3.05) is 16.8 Å². The molecule has 0 radical (unpaired) electrons. The molecule has 1 atom stereocenters. The van der Waals surface area contributed by atoms with Crippen molar-refractivity contribution < 1.29 is 9.59 Å². The van der Waals surface area contributed by atoms with Gasteiger partial charge in [-0.15, -0.1) is 11.3 Å². The number of aromatic nitrogens is 1. The zero-order chi connectivity index (χ0) is 16.4. The molecule has 0 saturated carbocycles. The smallest absolute Gasteiger partial charge is 0.231 e. The number of aryl methyl sites for hydroxylation is 2. The lowest BCUT2D eigenvalue weighted by atomic mass is 10.1. The Morgan fingerprint density at radius 3 is 2.91 bits per heavy atom. The minimum absolute atomic E-state index is 0.00127. The molecule has 5 nitrogen and oxygen atoms in total. The highest BCUT2D eigenvalue weighted by Gasteiger charge is 2.36. The van der Waals surface area contributed by atoms with Gasteiger partial charge in [-0.05, 0) is 25.0 Å². The van der Waals surface area contributed by atoms with E-state index < -0.39 is 0 Å². The molecular formula is C17H19N3O2S. The van der Waals surface area contributed by atoms with Crippen molar-refractivity contribution in [1.82, 2.24) is 4.98 Å². The molecule has 1 aromatic carbocycles. The number of para-hydroxylation sites is 1. The third-order valence-electron chi connectivity index (χ3n) is 4.01. The monoisotopic (exact) mass is 329 g/mol. The van der Waals surface area contributed by atoms with Crippen LogP contribution in [0.3, 0.4) is 0 Å². The fourth-order valence-corrected chi connectivity index (χ4v) is 3.50. The first-order chi connectivity index (χ1) is 11.1. The maximum atomic E-state index is 12.4. The number of carbonyl (C=O) groups excluding carboxylic acids is 2. The fraction of sp³-hybridized carbons (Fsp3) is 0.353. The van der Waals surface area contributed by atoms with E-state index in [2.05, 4.69) is 17.2 Å². The standard InChI is InChI=1S/C17H19N3O2S/c1-3-12-6-4-5-7-14(12)20-9-13(8-15(20)21)16(22)19-17-18-11(2)10-23-17/h4-7,10,13H,3,8-9H2,1-2H3,(H,18,19,22). The summed E-state index contributed by atoms with van der Waals surface area (Å²) in [7, 11) is 0. The third kappa shape index (κ3) is 3.27. The van der Waals surface area contributed by atoms with Gasteiger partial charge in [-0.2, -0.15) is 0 Å². The van der Waals surface area contributed by atoms with Crippen LogP contribution in [0.15, 0.2) is 29.6 Å². The van der Waals surface area contributed by atoms with Crippen molar-refractivity contribution in [2.45, 2.75) is 26.7 Å². The molecule has 0 bridgehead atoms. The third-order valence-corrected chi connectivity index (χ3v) is 4.88. The molecule has 1 aliphatic heterocycles. The minimum Gasteiger partial charge on any atom is -0.311 e. The molecule has 120 valence electrons. The van der Waals surface area contributed by atoms with Crippen LogP contribution in [-0.2, 0) is 16.0 Å². The van der Waals surface area contributed by atoms with E-state index in [-0.39, 0.29) is 24.2 Å². The Hall–Kier alpha value is -2.21. The molecule has 0 spiro atoms. The van der Waals surface area contributed by atoms with E-state index >= 15 is 0 Å². The molecule has 1 N–H and O–H groups in total. The van der Waals surface area contributed by atoms with E-state index in [0.717, 1.165) is 23.4 Å². The Balaban J connectivity index is 1.73. The van der Waals surface area contributed by atoms with Crippen LogP contribution in [0.5, 0.6) is 0 Å². The number of nitrogens with one attached hydrogen (secondary N) is 1. The lowest BCUT2D eigenvalue weighted by Gasteiger charge is -2.19. The Morgan fingerprint density at radius 2 is 2.22 bits per heavy atom. The molecular weight excluding hydrogens is 310 g/mol. The lowest BCUT2D eigenvalue weighted by molar-refractivity contribution is -0.122. The van der Waals surface area contributed by atoms with Gasteiger partial charge in [0.15, 0.2) is 5.13 Å². The summed E-state index contributed by atoms with van der Waals surface area (Å²) in [6.07, 6.45) is 1.10. The van der Waals surface area contributed by atoms with Gasteiger partial charge in [-0.3, -0.25) is 9.59 Å². The Bertz CT molecular complexity index is 741. The molecule has 1 fully saturated rings. The zero-order valence-corrected chi connectivity index (χ0v) is 14.0. The first-order valence-electron chi connectivity index (χ1n) is 7.69. The lowest BCUT2D eigenvalue weighted by Crippen LogP contribution is -2.28. The van der Waals surface area contributed by atoms with E-state index in [0.29, 0.717) is 11.7 Å². The second kappa shape index (κ2) is 6.50. The average molecular weight is 329 g/mol. The maximum Gasteiger partial charge on any atom is 0.231 e. The fourth-order valence-electron chi connectivity index (χ4n) is 2.81. The summed E-state index contributed by atoms with van der Waals surface area (Å²) in [4.78, 5) is 30.7. The summed E-state index contributed by atoms with van der Waals surface area (Å²) in [6.45, 7) is 4.37. The van der Waals surface area contributed by atoms with Gasteiger partial charge in [0, 0.05) is 24.0 Å². The van der Waals surface area contributed by atoms with Crippen LogP contribution in [0, 0.1) is 12.8 Å². The molecule has 6 heteroatoms. The molecule has 1 aromatic heterocycles. The highest BCUT2D eigenvalue weighted by molar-refractivity contribution is 7.13. The van der Waals surface area contributed by atoms with Gasteiger partial charge in [0.2, 0.25) is 11.8 Å². The van der Waals surface area contributed by atoms with Gasteiger partial charge < -0.3 is 10.2 Å². The normalized spacial score (nSPS) is 17.6. The van der Waals surface area contributed by atoms with Crippen LogP contribution >= 0.6 is 11.3 Å². The number of anilines is 2. The molecule has 3 rings (SSSR count).